The van der Waals surface area contributed by atoms with Crippen LogP contribution in [-0.2, 0) is 0 Å². The summed E-state index contributed by atoms with van der Waals surface area (Å²) in [6, 6.07) is 9.14. The normalized spacial score (nSPS) is 13.3. The summed E-state index contributed by atoms with van der Waals surface area (Å²) in [5.74, 6) is 0. The van der Waals surface area contributed by atoms with Crippen molar-refractivity contribution < 1.29 is 18.3 Å². The fourth-order valence-electron chi connectivity index (χ4n) is 1.59. The molecule has 1 aromatic heterocycles. The zero-order chi connectivity index (χ0) is 13.2. The standard InChI is InChI=1S/C13H10F3NO/c14-13(15,16)12(18)11-3-1-9(2-4-11)10-5-7-17-8-6-10/h1-8,12,18H. The van der Waals surface area contributed by atoms with Crippen LogP contribution in [0.15, 0.2) is 48.8 Å². The number of pyridine rings is 1. The molecule has 1 atom stereocenters. The number of aliphatic hydroxyl groups is 1. The quantitative estimate of drug-likeness (QED) is 0.890. The van der Waals surface area contributed by atoms with Gasteiger partial charge < -0.3 is 5.11 Å². The monoisotopic (exact) mass is 253 g/mol. The molecule has 0 saturated heterocycles. The van der Waals surface area contributed by atoms with Gasteiger partial charge in [-0.2, -0.15) is 13.2 Å². The molecule has 2 rings (SSSR count). The van der Waals surface area contributed by atoms with Gasteiger partial charge in [-0.15, -0.1) is 0 Å². The first-order valence-corrected chi connectivity index (χ1v) is 5.23. The van der Waals surface area contributed by atoms with Crippen molar-refractivity contribution in [3.05, 3.63) is 54.4 Å². The summed E-state index contributed by atoms with van der Waals surface area (Å²) in [5, 5.41) is 9.08. The Labute approximate surface area is 102 Å². The molecule has 18 heavy (non-hydrogen) atoms. The third-order valence-electron chi connectivity index (χ3n) is 2.55. The molecule has 0 aliphatic carbocycles. The highest BCUT2D eigenvalue weighted by Gasteiger charge is 2.39. The summed E-state index contributed by atoms with van der Waals surface area (Å²) >= 11 is 0. The van der Waals surface area contributed by atoms with E-state index >= 15 is 0 Å². The molecular formula is C13H10F3NO. The lowest BCUT2D eigenvalue weighted by Crippen LogP contribution is -2.19. The van der Waals surface area contributed by atoms with Crippen LogP contribution in [0.1, 0.15) is 11.7 Å². The summed E-state index contributed by atoms with van der Waals surface area (Å²) in [5.41, 5.74) is 1.47. The topological polar surface area (TPSA) is 33.1 Å². The summed E-state index contributed by atoms with van der Waals surface area (Å²) in [6.45, 7) is 0. The zero-order valence-electron chi connectivity index (χ0n) is 9.22. The maximum Gasteiger partial charge on any atom is 0.418 e. The third kappa shape index (κ3) is 2.68. The van der Waals surface area contributed by atoms with Crippen LogP contribution in [0.5, 0.6) is 0 Å². The lowest BCUT2D eigenvalue weighted by atomic mass is 10.0. The average Bonchev–Trinajstić information content (AvgIpc) is 2.38. The van der Waals surface area contributed by atoms with E-state index in [4.69, 9.17) is 5.11 Å². The Kier molecular flexibility index (Phi) is 3.34. The van der Waals surface area contributed by atoms with Gasteiger partial charge in [-0.25, -0.2) is 0 Å². The van der Waals surface area contributed by atoms with Crippen LogP contribution < -0.4 is 0 Å². The predicted molar refractivity (Wildman–Crippen MR) is 60.7 cm³/mol. The Morgan fingerprint density at radius 1 is 0.889 bits per heavy atom. The fourth-order valence-corrected chi connectivity index (χ4v) is 1.59. The molecule has 0 spiro atoms. The Morgan fingerprint density at radius 3 is 1.89 bits per heavy atom. The molecular weight excluding hydrogens is 243 g/mol. The van der Waals surface area contributed by atoms with E-state index in [0.717, 1.165) is 11.1 Å². The highest BCUT2D eigenvalue weighted by Crippen LogP contribution is 2.33. The average molecular weight is 253 g/mol. The van der Waals surface area contributed by atoms with Gasteiger partial charge in [-0.05, 0) is 28.8 Å². The van der Waals surface area contributed by atoms with E-state index in [1.807, 2.05) is 0 Å². The fraction of sp³-hybridized carbons (Fsp3) is 0.154. The molecule has 1 unspecified atom stereocenters. The van der Waals surface area contributed by atoms with Gasteiger partial charge >= 0.3 is 6.18 Å². The number of benzene rings is 1. The van der Waals surface area contributed by atoms with Crippen molar-refractivity contribution in [2.75, 3.05) is 0 Å². The second kappa shape index (κ2) is 4.78. The number of aliphatic hydroxyl groups excluding tert-OH is 1. The van der Waals surface area contributed by atoms with Crippen LogP contribution in [-0.4, -0.2) is 16.3 Å². The van der Waals surface area contributed by atoms with Gasteiger partial charge in [-0.3, -0.25) is 4.98 Å². The SMILES string of the molecule is OC(c1ccc(-c2ccncc2)cc1)C(F)(F)F. The highest BCUT2D eigenvalue weighted by molar-refractivity contribution is 5.62. The van der Waals surface area contributed by atoms with Gasteiger partial charge in [0.15, 0.2) is 6.10 Å². The molecule has 2 nitrogen and oxygen atoms in total. The first kappa shape index (κ1) is 12.6. The number of aromatic nitrogens is 1. The minimum atomic E-state index is -4.64. The van der Waals surface area contributed by atoms with Crippen molar-refractivity contribution in [3.63, 3.8) is 0 Å². The predicted octanol–water partition coefficient (Wildman–Crippen LogP) is 3.34. The van der Waals surface area contributed by atoms with E-state index < -0.39 is 12.3 Å². The minimum absolute atomic E-state index is 0.166. The van der Waals surface area contributed by atoms with E-state index in [1.165, 1.54) is 12.1 Å². The van der Waals surface area contributed by atoms with Crippen LogP contribution in [0.2, 0.25) is 0 Å². The number of hydrogen-bond acceptors (Lipinski definition) is 2. The van der Waals surface area contributed by atoms with Crippen molar-refractivity contribution >= 4 is 0 Å². The minimum Gasteiger partial charge on any atom is -0.379 e. The van der Waals surface area contributed by atoms with Crippen LogP contribution in [0.4, 0.5) is 13.2 Å². The smallest absolute Gasteiger partial charge is 0.379 e. The third-order valence-corrected chi connectivity index (χ3v) is 2.55. The largest absolute Gasteiger partial charge is 0.418 e. The van der Waals surface area contributed by atoms with E-state index in [0.29, 0.717) is 0 Å². The van der Waals surface area contributed by atoms with E-state index in [-0.39, 0.29) is 5.56 Å². The first-order valence-electron chi connectivity index (χ1n) is 5.23. The molecule has 0 bridgehead atoms. The molecule has 1 heterocycles. The summed E-state index contributed by atoms with van der Waals surface area (Å²) in [7, 11) is 0. The number of rotatable bonds is 2. The zero-order valence-corrected chi connectivity index (χ0v) is 9.22. The Morgan fingerprint density at radius 2 is 1.39 bits per heavy atom. The van der Waals surface area contributed by atoms with Crippen LogP contribution in [0.25, 0.3) is 11.1 Å². The van der Waals surface area contributed by atoms with Crippen molar-refractivity contribution in [2.24, 2.45) is 0 Å². The molecule has 5 heteroatoms. The van der Waals surface area contributed by atoms with Crippen molar-refractivity contribution in [1.29, 1.82) is 0 Å². The van der Waals surface area contributed by atoms with Crippen molar-refractivity contribution in [2.45, 2.75) is 12.3 Å². The van der Waals surface area contributed by atoms with E-state index in [9.17, 15) is 13.2 Å². The van der Waals surface area contributed by atoms with Gasteiger partial charge in [0.1, 0.15) is 0 Å². The van der Waals surface area contributed by atoms with Gasteiger partial charge in [0.05, 0.1) is 0 Å². The number of halogens is 3. The molecule has 94 valence electrons. The molecule has 1 aromatic carbocycles. The molecule has 0 fully saturated rings. The lowest BCUT2D eigenvalue weighted by molar-refractivity contribution is -0.206. The molecule has 0 saturated carbocycles. The van der Waals surface area contributed by atoms with Gasteiger partial charge in [-0.1, -0.05) is 24.3 Å². The van der Waals surface area contributed by atoms with Crippen molar-refractivity contribution in [1.82, 2.24) is 4.98 Å². The molecule has 2 aromatic rings. The molecule has 1 N–H and O–H groups in total. The van der Waals surface area contributed by atoms with Crippen LogP contribution >= 0.6 is 0 Å². The maximum absolute atomic E-state index is 12.3. The lowest BCUT2D eigenvalue weighted by Gasteiger charge is -2.15. The molecule has 0 radical (unpaired) electrons. The van der Waals surface area contributed by atoms with Crippen LogP contribution in [0.3, 0.4) is 0 Å². The molecule has 0 aliphatic rings. The second-order valence-electron chi connectivity index (χ2n) is 3.80. The van der Waals surface area contributed by atoms with Crippen LogP contribution in [0, 0.1) is 0 Å². The number of hydrogen-bond donors (Lipinski definition) is 1. The maximum atomic E-state index is 12.3. The summed E-state index contributed by atoms with van der Waals surface area (Å²) in [6.07, 6.45) is -3.87. The van der Waals surface area contributed by atoms with Gasteiger partial charge in [0.25, 0.3) is 0 Å². The Balaban J connectivity index is 2.26. The summed E-state index contributed by atoms with van der Waals surface area (Å²) in [4.78, 5) is 3.86. The Hall–Kier alpha value is -1.88. The van der Waals surface area contributed by atoms with Gasteiger partial charge in [0.2, 0.25) is 0 Å². The Bertz CT molecular complexity index is 508. The molecule has 0 aliphatic heterocycles. The van der Waals surface area contributed by atoms with Crippen molar-refractivity contribution in [3.8, 4) is 11.1 Å². The molecule has 0 amide bonds. The van der Waals surface area contributed by atoms with E-state index in [1.54, 1.807) is 36.7 Å². The second-order valence-corrected chi connectivity index (χ2v) is 3.80. The highest BCUT2D eigenvalue weighted by atomic mass is 19.4. The van der Waals surface area contributed by atoms with Gasteiger partial charge in [0, 0.05) is 12.4 Å². The van der Waals surface area contributed by atoms with E-state index in [2.05, 4.69) is 4.98 Å². The number of nitrogens with zero attached hydrogens (tertiary/aromatic N) is 1. The number of alkyl halides is 3. The first-order chi connectivity index (χ1) is 8.48. The summed E-state index contributed by atoms with van der Waals surface area (Å²) < 4.78 is 36.9.